The molecule has 1 unspecified atom stereocenters. The minimum Gasteiger partial charge on any atom is -0.339 e. The van der Waals surface area contributed by atoms with Crippen molar-refractivity contribution in [3.63, 3.8) is 0 Å². The Kier molecular flexibility index (Phi) is 5.79. The van der Waals surface area contributed by atoms with E-state index in [0.29, 0.717) is 30.9 Å². The van der Waals surface area contributed by atoms with E-state index in [4.69, 9.17) is 5.73 Å². The minimum absolute atomic E-state index is 0. The normalized spacial score (nSPS) is 23.2. The minimum atomic E-state index is -0.514. The van der Waals surface area contributed by atoms with Crippen LogP contribution in [0.1, 0.15) is 28.9 Å². The molecule has 0 aliphatic carbocycles. The van der Waals surface area contributed by atoms with E-state index in [2.05, 4.69) is 0 Å². The molecule has 3 heterocycles. The van der Waals surface area contributed by atoms with Gasteiger partial charge in [-0.05, 0) is 25.3 Å². The summed E-state index contributed by atoms with van der Waals surface area (Å²) in [6.45, 7) is 1.66. The lowest BCUT2D eigenvalue weighted by atomic mass is 10.2. The largest absolute Gasteiger partial charge is 0.339 e. The van der Waals surface area contributed by atoms with Crippen molar-refractivity contribution in [2.45, 2.75) is 31.3 Å². The zero-order chi connectivity index (χ0) is 16.6. The lowest BCUT2D eigenvalue weighted by Crippen LogP contribution is -2.47. The van der Waals surface area contributed by atoms with Crippen molar-refractivity contribution in [2.75, 3.05) is 19.6 Å². The van der Waals surface area contributed by atoms with Crippen molar-refractivity contribution in [1.29, 1.82) is 0 Å². The molecule has 2 aliphatic heterocycles. The van der Waals surface area contributed by atoms with Gasteiger partial charge in [0, 0.05) is 31.7 Å². The predicted molar refractivity (Wildman–Crippen MR) is 91.5 cm³/mol. The maximum atomic E-state index is 12.6. The summed E-state index contributed by atoms with van der Waals surface area (Å²) < 4.78 is 0. The Balaban J connectivity index is 0.00000208. The van der Waals surface area contributed by atoms with E-state index in [-0.39, 0.29) is 35.3 Å². The van der Waals surface area contributed by atoms with Crippen LogP contribution in [0.3, 0.4) is 0 Å². The van der Waals surface area contributed by atoms with E-state index in [1.165, 1.54) is 12.1 Å². The van der Waals surface area contributed by atoms with Crippen molar-refractivity contribution in [3.05, 3.63) is 27.1 Å². The maximum absolute atomic E-state index is 12.6. The zero-order valence-corrected chi connectivity index (χ0v) is 14.6. The topological polar surface area (TPSA) is 110 Å². The number of hydrogen-bond acceptors (Lipinski definition) is 6. The average molecular weight is 375 g/mol. The van der Waals surface area contributed by atoms with Gasteiger partial charge in [0.05, 0.1) is 9.80 Å². The van der Waals surface area contributed by atoms with E-state index in [9.17, 15) is 19.7 Å². The van der Waals surface area contributed by atoms with Crippen LogP contribution in [0.4, 0.5) is 5.00 Å². The van der Waals surface area contributed by atoms with Crippen LogP contribution in [0.25, 0.3) is 0 Å². The Hall–Kier alpha value is -1.71. The molecule has 0 saturated carbocycles. The third-order valence-corrected chi connectivity index (χ3v) is 5.34. The fourth-order valence-electron chi connectivity index (χ4n) is 3.15. The Morgan fingerprint density at radius 1 is 1.29 bits per heavy atom. The maximum Gasteiger partial charge on any atom is 0.324 e. The molecule has 0 bridgehead atoms. The predicted octanol–water partition coefficient (Wildman–Crippen LogP) is 1.24. The summed E-state index contributed by atoms with van der Waals surface area (Å²) in [6, 6.07) is 2.31. The van der Waals surface area contributed by atoms with Gasteiger partial charge in [0.15, 0.2) is 0 Å². The molecule has 1 aromatic heterocycles. The Labute approximate surface area is 149 Å². The van der Waals surface area contributed by atoms with Gasteiger partial charge in [-0.2, -0.15) is 0 Å². The quantitative estimate of drug-likeness (QED) is 0.632. The number of hydrogen-bond donors (Lipinski definition) is 1. The third kappa shape index (κ3) is 3.52. The monoisotopic (exact) mass is 374 g/mol. The molecule has 2 amide bonds. The van der Waals surface area contributed by atoms with Crippen molar-refractivity contribution in [2.24, 2.45) is 5.73 Å². The van der Waals surface area contributed by atoms with Gasteiger partial charge in [-0.25, -0.2) is 0 Å². The molecule has 10 heteroatoms. The van der Waals surface area contributed by atoms with E-state index in [1.807, 2.05) is 0 Å². The molecule has 8 nitrogen and oxygen atoms in total. The van der Waals surface area contributed by atoms with Crippen LogP contribution in [0.15, 0.2) is 12.1 Å². The van der Waals surface area contributed by atoms with E-state index in [1.54, 1.807) is 9.80 Å². The van der Waals surface area contributed by atoms with Crippen molar-refractivity contribution in [3.8, 4) is 0 Å². The molecule has 0 aromatic carbocycles. The third-order valence-electron chi connectivity index (χ3n) is 4.32. The van der Waals surface area contributed by atoms with Crippen molar-refractivity contribution >= 4 is 40.6 Å². The number of rotatable bonds is 3. The highest BCUT2D eigenvalue weighted by Crippen LogP contribution is 2.29. The summed E-state index contributed by atoms with van der Waals surface area (Å²) in [4.78, 5) is 39.0. The Morgan fingerprint density at radius 2 is 2.04 bits per heavy atom. The molecule has 132 valence electrons. The van der Waals surface area contributed by atoms with Crippen LogP contribution in [0.5, 0.6) is 0 Å². The van der Waals surface area contributed by atoms with Crippen LogP contribution < -0.4 is 5.73 Å². The second-order valence-corrected chi connectivity index (χ2v) is 6.95. The molecular weight excluding hydrogens is 356 g/mol. The van der Waals surface area contributed by atoms with Gasteiger partial charge in [0.2, 0.25) is 5.91 Å². The smallest absolute Gasteiger partial charge is 0.324 e. The van der Waals surface area contributed by atoms with Crippen LogP contribution in [-0.2, 0) is 4.79 Å². The summed E-state index contributed by atoms with van der Waals surface area (Å²) in [6.07, 6.45) is 2.17. The van der Waals surface area contributed by atoms with Crippen molar-refractivity contribution < 1.29 is 14.5 Å². The summed E-state index contributed by atoms with van der Waals surface area (Å²) in [5.41, 5.74) is 5.84. The van der Waals surface area contributed by atoms with Gasteiger partial charge in [-0.1, -0.05) is 11.3 Å². The second kappa shape index (κ2) is 7.45. The number of nitro groups is 1. The molecule has 24 heavy (non-hydrogen) atoms. The Morgan fingerprint density at radius 3 is 2.62 bits per heavy atom. The highest BCUT2D eigenvalue weighted by atomic mass is 35.5. The summed E-state index contributed by atoms with van der Waals surface area (Å²) >= 11 is 0.847. The first kappa shape index (κ1) is 18.6. The first-order valence-electron chi connectivity index (χ1n) is 7.57. The second-order valence-electron chi connectivity index (χ2n) is 5.88. The number of amides is 2. The van der Waals surface area contributed by atoms with Gasteiger partial charge in [0.25, 0.3) is 5.91 Å². The molecule has 2 aliphatic rings. The number of halogens is 1. The fraction of sp³-hybridized carbons (Fsp3) is 0.571. The van der Waals surface area contributed by atoms with Gasteiger partial charge in [-0.15, -0.1) is 12.4 Å². The molecule has 2 fully saturated rings. The number of nitrogens with two attached hydrogens (primary N) is 1. The van der Waals surface area contributed by atoms with Gasteiger partial charge in [-0.3, -0.25) is 19.7 Å². The number of likely N-dealkylation sites (tertiary alicyclic amines) is 2. The molecule has 2 saturated heterocycles. The lowest BCUT2D eigenvalue weighted by Gasteiger charge is -2.27. The van der Waals surface area contributed by atoms with Gasteiger partial charge >= 0.3 is 5.00 Å². The summed E-state index contributed by atoms with van der Waals surface area (Å²) in [7, 11) is 0. The molecule has 2 N–H and O–H groups in total. The van der Waals surface area contributed by atoms with Crippen molar-refractivity contribution in [1.82, 2.24) is 9.80 Å². The molecule has 0 spiro atoms. The van der Waals surface area contributed by atoms with E-state index >= 15 is 0 Å². The van der Waals surface area contributed by atoms with Crippen LogP contribution >= 0.6 is 23.7 Å². The number of carbonyl (C=O) groups excluding carboxylic acids is 2. The number of nitrogens with zero attached hydrogens (tertiary/aromatic N) is 3. The van der Waals surface area contributed by atoms with Gasteiger partial charge < -0.3 is 15.5 Å². The van der Waals surface area contributed by atoms with Crippen LogP contribution in [-0.4, -0.2) is 58.3 Å². The summed E-state index contributed by atoms with van der Waals surface area (Å²) in [5.74, 6) is -0.364. The van der Waals surface area contributed by atoms with Crippen LogP contribution in [0.2, 0.25) is 0 Å². The van der Waals surface area contributed by atoms with E-state index in [0.717, 1.165) is 24.2 Å². The van der Waals surface area contributed by atoms with Crippen LogP contribution in [0, 0.1) is 10.1 Å². The molecule has 0 radical (unpaired) electrons. The molecule has 3 rings (SSSR count). The summed E-state index contributed by atoms with van der Waals surface area (Å²) in [5, 5.41) is 10.7. The first-order valence-corrected chi connectivity index (χ1v) is 8.38. The fourth-order valence-corrected chi connectivity index (χ4v) is 3.92. The van der Waals surface area contributed by atoms with Gasteiger partial charge in [0.1, 0.15) is 6.04 Å². The SMILES string of the molecule is Cl.N[C@@H]1CCN(C(=O)C2CCCN2C(=O)c2ccc([N+](=O)[O-])s2)C1. The first-order chi connectivity index (χ1) is 11.0. The molecule has 1 aromatic rings. The highest BCUT2D eigenvalue weighted by Gasteiger charge is 2.39. The highest BCUT2D eigenvalue weighted by molar-refractivity contribution is 7.17. The molecule has 2 atom stereocenters. The zero-order valence-electron chi connectivity index (χ0n) is 12.9. The average Bonchev–Trinajstić information content (AvgIpc) is 3.25. The number of thiophene rings is 1. The lowest BCUT2D eigenvalue weighted by molar-refractivity contribution is -0.380. The number of carbonyl (C=O) groups is 2. The van der Waals surface area contributed by atoms with E-state index < -0.39 is 11.0 Å². The Bertz CT molecular complexity index is 652. The molecular formula is C14H19ClN4O4S. The standard InChI is InChI=1S/C14H18N4O4S.ClH/c15-9-5-7-16(8-9)13(19)10-2-1-6-17(10)14(20)11-3-4-12(23-11)18(21)22;/h3-4,9-10H,1-2,5-8,15H2;1H/t9-,10?;/m1./s1.